The summed E-state index contributed by atoms with van der Waals surface area (Å²) in [5.74, 6) is -7.02. The quantitative estimate of drug-likeness (QED) is 0.420. The third-order valence-electron chi connectivity index (χ3n) is 3.62. The normalized spacial score (nSPS) is 12.4. The SMILES string of the molecule is C=Cc1c(F)c(F)c(O[Si](C)(C)C(C)(C)C)c(F)c1F. The van der Waals surface area contributed by atoms with Crippen LogP contribution in [0, 0.1) is 23.3 Å². The van der Waals surface area contributed by atoms with Crippen LogP contribution in [0.25, 0.3) is 6.08 Å². The zero-order chi connectivity index (χ0) is 15.9. The molecule has 0 N–H and O–H groups in total. The maximum atomic E-state index is 13.9. The zero-order valence-corrected chi connectivity index (χ0v) is 13.2. The summed E-state index contributed by atoms with van der Waals surface area (Å²) in [6.07, 6.45) is 0.729. The van der Waals surface area contributed by atoms with E-state index in [1.165, 1.54) is 0 Å². The number of hydrogen-bond acceptors (Lipinski definition) is 1. The molecule has 0 aliphatic heterocycles. The van der Waals surface area contributed by atoms with Crippen LogP contribution in [-0.4, -0.2) is 8.32 Å². The van der Waals surface area contributed by atoms with Crippen LogP contribution in [0.2, 0.25) is 18.1 Å². The van der Waals surface area contributed by atoms with Gasteiger partial charge in [0.25, 0.3) is 8.32 Å². The van der Waals surface area contributed by atoms with Crippen molar-refractivity contribution in [1.82, 2.24) is 0 Å². The first kappa shape index (κ1) is 16.8. The Kier molecular flexibility index (Phi) is 4.39. The predicted octanol–water partition coefficient (Wildman–Crippen LogP) is 5.27. The summed E-state index contributed by atoms with van der Waals surface area (Å²) in [5.41, 5.74) is -0.831. The minimum absolute atomic E-state index is 0.365. The molecule has 6 heteroatoms. The Balaban J connectivity index is 3.46. The van der Waals surface area contributed by atoms with Gasteiger partial charge in [0, 0.05) is 0 Å². The molecule has 0 heterocycles. The topological polar surface area (TPSA) is 9.23 Å². The molecule has 0 amide bonds. The predicted molar refractivity (Wildman–Crippen MR) is 74.2 cm³/mol. The van der Waals surface area contributed by atoms with Crippen LogP contribution in [0.5, 0.6) is 5.75 Å². The first-order chi connectivity index (χ1) is 8.94. The van der Waals surface area contributed by atoms with E-state index < -0.39 is 42.9 Å². The summed E-state index contributed by atoms with van der Waals surface area (Å²) >= 11 is 0. The van der Waals surface area contributed by atoms with Crippen LogP contribution in [-0.2, 0) is 0 Å². The van der Waals surface area contributed by atoms with Crippen molar-refractivity contribution in [1.29, 1.82) is 0 Å². The summed E-state index contributed by atoms with van der Waals surface area (Å²) in [5, 5.41) is -0.365. The molecule has 1 aromatic carbocycles. The van der Waals surface area contributed by atoms with E-state index in [1.807, 2.05) is 20.8 Å². The van der Waals surface area contributed by atoms with Crippen molar-refractivity contribution in [2.75, 3.05) is 0 Å². The zero-order valence-electron chi connectivity index (χ0n) is 12.2. The van der Waals surface area contributed by atoms with Crippen molar-refractivity contribution in [3.8, 4) is 5.75 Å². The van der Waals surface area contributed by atoms with E-state index in [4.69, 9.17) is 4.43 Å². The molecule has 112 valence electrons. The Labute approximate surface area is 117 Å². The second-order valence-corrected chi connectivity index (χ2v) is 10.8. The molecule has 1 nitrogen and oxygen atoms in total. The molecule has 0 radical (unpaired) electrons. The van der Waals surface area contributed by atoms with Gasteiger partial charge in [-0.15, -0.1) is 0 Å². The molecule has 0 unspecified atom stereocenters. The van der Waals surface area contributed by atoms with Gasteiger partial charge in [0.05, 0.1) is 5.56 Å². The van der Waals surface area contributed by atoms with E-state index in [0.29, 0.717) is 0 Å². The van der Waals surface area contributed by atoms with Crippen LogP contribution in [0.4, 0.5) is 17.6 Å². The Bertz CT molecular complexity index is 518. The Hall–Kier alpha value is -1.30. The second-order valence-electron chi connectivity index (χ2n) is 6.07. The van der Waals surface area contributed by atoms with Gasteiger partial charge < -0.3 is 4.43 Å². The number of benzene rings is 1. The Morgan fingerprint density at radius 3 is 1.65 bits per heavy atom. The molecule has 0 saturated heterocycles. The minimum atomic E-state index is -2.62. The third kappa shape index (κ3) is 2.75. The van der Waals surface area contributed by atoms with Crippen LogP contribution >= 0.6 is 0 Å². The molecule has 0 aliphatic rings. The second kappa shape index (κ2) is 5.24. The van der Waals surface area contributed by atoms with E-state index in [-0.39, 0.29) is 5.04 Å². The molecule has 0 fully saturated rings. The van der Waals surface area contributed by atoms with Gasteiger partial charge >= 0.3 is 0 Å². The van der Waals surface area contributed by atoms with Gasteiger partial charge in [0.2, 0.25) is 11.6 Å². The van der Waals surface area contributed by atoms with Crippen molar-refractivity contribution in [2.45, 2.75) is 38.9 Å². The molecule has 1 aromatic rings. The molecule has 0 atom stereocenters. The number of hydrogen-bond donors (Lipinski definition) is 0. The summed E-state index contributed by atoms with van der Waals surface area (Å²) in [7, 11) is -2.62. The lowest BCUT2D eigenvalue weighted by molar-refractivity contribution is 0.378. The molecule has 0 bridgehead atoms. The van der Waals surface area contributed by atoms with Crippen molar-refractivity contribution >= 4 is 14.4 Å². The highest BCUT2D eigenvalue weighted by atomic mass is 28.4. The lowest BCUT2D eigenvalue weighted by Gasteiger charge is -2.36. The summed E-state index contributed by atoms with van der Waals surface area (Å²) < 4.78 is 60.4. The van der Waals surface area contributed by atoms with E-state index in [2.05, 4.69) is 6.58 Å². The van der Waals surface area contributed by atoms with Gasteiger partial charge in [-0.25, -0.2) is 8.78 Å². The lowest BCUT2D eigenvalue weighted by Crippen LogP contribution is -2.44. The summed E-state index contributed by atoms with van der Waals surface area (Å²) in [6, 6.07) is 0. The van der Waals surface area contributed by atoms with Gasteiger partial charge in [-0.3, -0.25) is 0 Å². The van der Waals surface area contributed by atoms with Crippen LogP contribution in [0.1, 0.15) is 26.3 Å². The van der Waals surface area contributed by atoms with Gasteiger partial charge in [-0.1, -0.05) is 33.4 Å². The summed E-state index contributed by atoms with van der Waals surface area (Å²) in [6.45, 7) is 12.1. The molecule has 0 aliphatic carbocycles. The maximum absolute atomic E-state index is 13.9. The highest BCUT2D eigenvalue weighted by molar-refractivity contribution is 6.74. The Morgan fingerprint density at radius 1 is 0.950 bits per heavy atom. The smallest absolute Gasteiger partial charge is 0.250 e. The van der Waals surface area contributed by atoms with E-state index >= 15 is 0 Å². The average Bonchev–Trinajstić information content (AvgIpc) is 2.31. The number of rotatable bonds is 3. The van der Waals surface area contributed by atoms with Crippen molar-refractivity contribution in [3.05, 3.63) is 35.4 Å². The molecule has 0 spiro atoms. The highest BCUT2D eigenvalue weighted by Gasteiger charge is 2.41. The average molecular weight is 306 g/mol. The van der Waals surface area contributed by atoms with Crippen LogP contribution in [0.15, 0.2) is 6.58 Å². The monoisotopic (exact) mass is 306 g/mol. The fraction of sp³-hybridized carbons (Fsp3) is 0.429. The van der Waals surface area contributed by atoms with E-state index in [0.717, 1.165) is 6.08 Å². The van der Waals surface area contributed by atoms with Gasteiger partial charge in [0.15, 0.2) is 17.4 Å². The molecule has 0 aromatic heterocycles. The molecule has 1 rings (SSSR count). The number of halogens is 4. The molecular formula is C14H18F4OSi. The molecular weight excluding hydrogens is 288 g/mol. The maximum Gasteiger partial charge on any atom is 0.250 e. The molecule has 20 heavy (non-hydrogen) atoms. The Morgan fingerprint density at radius 2 is 1.35 bits per heavy atom. The van der Waals surface area contributed by atoms with Crippen LogP contribution < -0.4 is 4.43 Å². The van der Waals surface area contributed by atoms with Crippen molar-refractivity contribution < 1.29 is 22.0 Å². The van der Waals surface area contributed by atoms with Crippen LogP contribution in [0.3, 0.4) is 0 Å². The van der Waals surface area contributed by atoms with Gasteiger partial charge in [0.1, 0.15) is 0 Å². The largest absolute Gasteiger partial charge is 0.539 e. The standard InChI is InChI=1S/C14H18F4OSi/c1-7-8-9(15)11(17)13(12(18)10(8)16)19-20(5,6)14(2,3)4/h7H,1H2,2-6H3. The van der Waals surface area contributed by atoms with Crippen molar-refractivity contribution in [2.24, 2.45) is 0 Å². The third-order valence-corrected chi connectivity index (χ3v) is 7.95. The first-order valence-corrected chi connectivity index (χ1v) is 9.02. The first-order valence-electron chi connectivity index (χ1n) is 6.11. The summed E-state index contributed by atoms with van der Waals surface area (Å²) in [4.78, 5) is 0. The molecule has 0 saturated carbocycles. The van der Waals surface area contributed by atoms with Crippen molar-refractivity contribution in [3.63, 3.8) is 0 Å². The van der Waals surface area contributed by atoms with E-state index in [9.17, 15) is 17.6 Å². The highest BCUT2D eigenvalue weighted by Crippen LogP contribution is 2.40. The fourth-order valence-corrected chi connectivity index (χ4v) is 2.30. The van der Waals surface area contributed by atoms with Gasteiger partial charge in [-0.2, -0.15) is 8.78 Å². The minimum Gasteiger partial charge on any atom is -0.539 e. The van der Waals surface area contributed by atoms with E-state index in [1.54, 1.807) is 13.1 Å². The lowest BCUT2D eigenvalue weighted by atomic mass is 10.1. The van der Waals surface area contributed by atoms with Gasteiger partial charge in [-0.05, 0) is 18.1 Å². The fourth-order valence-electron chi connectivity index (χ4n) is 1.31.